The van der Waals surface area contributed by atoms with Gasteiger partial charge in [0.25, 0.3) is 11.8 Å². The Hall–Kier alpha value is -3.66. The van der Waals surface area contributed by atoms with Crippen molar-refractivity contribution in [3.8, 4) is 11.5 Å². The van der Waals surface area contributed by atoms with Crippen LogP contribution in [0.3, 0.4) is 0 Å². The van der Waals surface area contributed by atoms with E-state index in [1.54, 1.807) is 53.4 Å². The van der Waals surface area contributed by atoms with Crippen molar-refractivity contribution in [1.82, 2.24) is 4.90 Å². The topological polar surface area (TPSA) is 59.1 Å². The minimum Gasteiger partial charge on any atom is -0.497 e. The Morgan fingerprint density at radius 1 is 1.00 bits per heavy atom. The van der Waals surface area contributed by atoms with Crippen molar-refractivity contribution >= 4 is 29.3 Å². The van der Waals surface area contributed by atoms with E-state index < -0.39 is 16.6 Å². The zero-order valence-electron chi connectivity index (χ0n) is 20.0. The lowest BCUT2D eigenvalue weighted by molar-refractivity contribution is -0.137. The second-order valence-electron chi connectivity index (χ2n) is 8.65. The van der Waals surface area contributed by atoms with Crippen LogP contribution in [-0.2, 0) is 22.4 Å². The number of fused-ring (bicyclic) bond motifs is 2. The molecule has 6 nitrogen and oxygen atoms in total. The van der Waals surface area contributed by atoms with E-state index in [1.807, 2.05) is 0 Å². The summed E-state index contributed by atoms with van der Waals surface area (Å²) in [6, 6.07) is 16.8. The normalized spacial score (nSPS) is 18.9. The number of carbonyl (C=O) groups is 2. The number of ether oxygens (including phenoxy) is 2. The third-order valence-corrected chi connectivity index (χ3v) is 7.98. The molecule has 2 aliphatic heterocycles. The molecular formula is C27H23F3N2O4S. The Kier molecular flexibility index (Phi) is 6.31. The number of rotatable bonds is 5. The van der Waals surface area contributed by atoms with Gasteiger partial charge in [0.1, 0.15) is 11.5 Å². The van der Waals surface area contributed by atoms with Gasteiger partial charge < -0.3 is 19.3 Å². The summed E-state index contributed by atoms with van der Waals surface area (Å²) in [6.45, 7) is 0.242. The molecule has 3 aromatic carbocycles. The van der Waals surface area contributed by atoms with Crippen LogP contribution in [0, 0.1) is 0 Å². The predicted molar refractivity (Wildman–Crippen MR) is 134 cm³/mol. The highest BCUT2D eigenvalue weighted by molar-refractivity contribution is 8.01. The number of nitrogens with zero attached hydrogens (tertiary/aromatic N) is 2. The highest BCUT2D eigenvalue weighted by Crippen LogP contribution is 2.55. The van der Waals surface area contributed by atoms with Crippen molar-refractivity contribution in [2.24, 2.45) is 0 Å². The van der Waals surface area contributed by atoms with Crippen LogP contribution in [-0.4, -0.2) is 43.2 Å². The van der Waals surface area contributed by atoms with E-state index in [9.17, 15) is 22.8 Å². The second kappa shape index (κ2) is 9.33. The Labute approximate surface area is 216 Å². The molecule has 5 rings (SSSR count). The van der Waals surface area contributed by atoms with E-state index in [1.165, 1.54) is 36.9 Å². The fourth-order valence-electron chi connectivity index (χ4n) is 4.82. The van der Waals surface area contributed by atoms with Gasteiger partial charge in [-0.15, -0.1) is 11.8 Å². The number of methoxy groups -OCH3 is 2. The first-order valence-electron chi connectivity index (χ1n) is 11.5. The van der Waals surface area contributed by atoms with Gasteiger partial charge in [0, 0.05) is 23.4 Å². The molecule has 0 bridgehead atoms. The van der Waals surface area contributed by atoms with E-state index in [2.05, 4.69) is 0 Å². The first kappa shape index (κ1) is 25.0. The summed E-state index contributed by atoms with van der Waals surface area (Å²) < 4.78 is 50.6. The molecule has 1 spiro atoms. The molecule has 2 heterocycles. The summed E-state index contributed by atoms with van der Waals surface area (Å²) in [5.74, 6) is 0.805. The van der Waals surface area contributed by atoms with Crippen LogP contribution in [0.25, 0.3) is 0 Å². The average Bonchev–Trinajstić information content (AvgIpc) is 3.44. The molecule has 1 fully saturated rings. The van der Waals surface area contributed by atoms with Gasteiger partial charge in [-0.05, 0) is 54.1 Å². The molecule has 0 N–H and O–H groups in total. The Morgan fingerprint density at radius 2 is 1.73 bits per heavy atom. The van der Waals surface area contributed by atoms with Crippen molar-refractivity contribution in [1.29, 1.82) is 0 Å². The zero-order valence-corrected chi connectivity index (χ0v) is 20.9. The Balaban J connectivity index is 1.58. The number of alkyl halides is 3. The number of hydrogen-bond acceptors (Lipinski definition) is 5. The maximum atomic E-state index is 14.2. The predicted octanol–water partition coefficient (Wildman–Crippen LogP) is 5.31. The van der Waals surface area contributed by atoms with Gasteiger partial charge in [-0.2, -0.15) is 13.2 Å². The first-order chi connectivity index (χ1) is 17.7. The lowest BCUT2D eigenvalue weighted by Crippen LogP contribution is -2.50. The maximum absolute atomic E-state index is 14.2. The maximum Gasteiger partial charge on any atom is 0.416 e. The van der Waals surface area contributed by atoms with Crippen LogP contribution in [0.5, 0.6) is 11.5 Å². The molecule has 0 aromatic heterocycles. The molecule has 0 unspecified atom stereocenters. The van der Waals surface area contributed by atoms with Crippen molar-refractivity contribution in [3.05, 3.63) is 89.0 Å². The molecule has 10 heteroatoms. The van der Waals surface area contributed by atoms with Crippen LogP contribution < -0.4 is 14.4 Å². The molecule has 192 valence electrons. The standard InChI is InChI=1S/C27H23F3N2O4S/c1-35-20-8-4-6-18(14-20)24(33)32-11-12-37-26(32)22-15-21(36-2)9-10-23(22)31(25(26)34)16-17-5-3-7-19(13-17)27(28,29)30/h3-10,13-15H,11-12,16H2,1-2H3/t26-/m0/s1. The van der Waals surface area contributed by atoms with Gasteiger partial charge in [-0.3, -0.25) is 9.59 Å². The zero-order chi connectivity index (χ0) is 26.4. The van der Waals surface area contributed by atoms with E-state index in [4.69, 9.17) is 9.47 Å². The first-order valence-corrected chi connectivity index (χ1v) is 12.4. The summed E-state index contributed by atoms with van der Waals surface area (Å²) in [4.78, 5) is 29.5. The van der Waals surface area contributed by atoms with Gasteiger partial charge in [-0.1, -0.05) is 18.2 Å². The average molecular weight is 529 g/mol. The minimum atomic E-state index is -4.50. The molecule has 37 heavy (non-hydrogen) atoms. The second-order valence-corrected chi connectivity index (χ2v) is 9.94. The van der Waals surface area contributed by atoms with Gasteiger partial charge in [0.2, 0.25) is 0 Å². The van der Waals surface area contributed by atoms with Gasteiger partial charge in [-0.25, -0.2) is 0 Å². The van der Waals surface area contributed by atoms with E-state index >= 15 is 0 Å². The summed E-state index contributed by atoms with van der Waals surface area (Å²) in [6.07, 6.45) is -4.50. The monoisotopic (exact) mass is 528 g/mol. The Morgan fingerprint density at radius 3 is 2.46 bits per heavy atom. The number of hydrogen-bond donors (Lipinski definition) is 0. The molecular weight excluding hydrogens is 505 g/mol. The molecule has 0 aliphatic carbocycles. The van der Waals surface area contributed by atoms with Crippen molar-refractivity contribution in [2.45, 2.75) is 17.6 Å². The van der Waals surface area contributed by atoms with Gasteiger partial charge in [0.05, 0.1) is 32.0 Å². The largest absolute Gasteiger partial charge is 0.497 e. The number of amides is 2. The molecule has 2 aliphatic rings. The lowest BCUT2D eigenvalue weighted by atomic mass is 10.0. The van der Waals surface area contributed by atoms with Crippen molar-refractivity contribution in [3.63, 3.8) is 0 Å². The molecule has 2 amide bonds. The van der Waals surface area contributed by atoms with E-state index in [-0.39, 0.29) is 18.4 Å². The third-order valence-electron chi connectivity index (χ3n) is 6.56. The van der Waals surface area contributed by atoms with Crippen LogP contribution in [0.15, 0.2) is 66.7 Å². The number of halogens is 3. The SMILES string of the molecule is COc1cccc(C(=O)N2CCS[C@@]23C(=O)N(Cc2cccc(C(F)(F)F)c2)c2ccc(OC)cc23)c1. The van der Waals surface area contributed by atoms with Crippen LogP contribution >= 0.6 is 11.8 Å². The molecule has 1 saturated heterocycles. The molecule has 0 radical (unpaired) electrons. The van der Waals surface area contributed by atoms with Crippen molar-refractivity contribution < 1.29 is 32.2 Å². The van der Waals surface area contributed by atoms with E-state index in [0.29, 0.717) is 46.2 Å². The van der Waals surface area contributed by atoms with Gasteiger partial charge >= 0.3 is 6.18 Å². The summed E-state index contributed by atoms with van der Waals surface area (Å²) >= 11 is 1.33. The molecule has 1 atom stereocenters. The Bertz CT molecular complexity index is 1380. The quantitative estimate of drug-likeness (QED) is 0.449. The summed E-state index contributed by atoms with van der Waals surface area (Å²) in [5.41, 5.74) is 1.01. The van der Waals surface area contributed by atoms with E-state index in [0.717, 1.165) is 12.1 Å². The number of anilines is 1. The number of carbonyl (C=O) groups excluding carboxylic acids is 2. The van der Waals surface area contributed by atoms with Crippen LogP contribution in [0.1, 0.15) is 27.0 Å². The summed E-state index contributed by atoms with van der Waals surface area (Å²) in [7, 11) is 3.01. The van der Waals surface area contributed by atoms with Crippen LogP contribution in [0.4, 0.5) is 18.9 Å². The summed E-state index contributed by atoms with van der Waals surface area (Å²) in [5, 5.41) is 0. The van der Waals surface area contributed by atoms with Gasteiger partial charge in [0.15, 0.2) is 4.87 Å². The fourth-order valence-corrected chi connectivity index (χ4v) is 6.27. The van der Waals surface area contributed by atoms with Crippen LogP contribution in [0.2, 0.25) is 0 Å². The highest BCUT2D eigenvalue weighted by Gasteiger charge is 2.59. The smallest absolute Gasteiger partial charge is 0.416 e. The number of thioether (sulfide) groups is 1. The number of benzene rings is 3. The third kappa shape index (κ3) is 4.19. The fraction of sp³-hybridized carbons (Fsp3) is 0.259. The highest BCUT2D eigenvalue weighted by atomic mass is 32.2. The molecule has 3 aromatic rings. The lowest BCUT2D eigenvalue weighted by Gasteiger charge is -2.33. The molecule has 0 saturated carbocycles. The van der Waals surface area contributed by atoms with Crippen molar-refractivity contribution in [2.75, 3.05) is 31.4 Å². The minimum absolute atomic E-state index is 0.0778.